The van der Waals surface area contributed by atoms with Gasteiger partial charge in [0.2, 0.25) is 5.95 Å². The van der Waals surface area contributed by atoms with Crippen molar-refractivity contribution in [3.63, 3.8) is 0 Å². The fourth-order valence-corrected chi connectivity index (χ4v) is 4.12. The van der Waals surface area contributed by atoms with Crippen molar-refractivity contribution in [2.45, 2.75) is 26.8 Å². The first-order valence-corrected chi connectivity index (χ1v) is 11.4. The Hall–Kier alpha value is -4.33. The molecule has 4 aromatic rings. The number of fused-ring (bicyclic) bond motifs is 1. The molecule has 2 aromatic carbocycles. The van der Waals surface area contributed by atoms with Crippen LogP contribution in [-0.4, -0.2) is 33.4 Å². The zero-order valence-corrected chi connectivity index (χ0v) is 19.6. The molecular formula is C27H25N3O5. The number of carbonyl (C=O) groups excluding carboxylic acids is 2. The molecule has 1 unspecified atom stereocenters. The predicted molar refractivity (Wildman–Crippen MR) is 131 cm³/mol. The SMILES string of the molecule is Cc1ccc2nc(N3C(=O)C(=O)/C(=C(/O)c4ccc(OCC(C)C)cc4)C3c3ccco3)[nH]c2c1. The van der Waals surface area contributed by atoms with E-state index in [1.807, 2.05) is 25.1 Å². The van der Waals surface area contributed by atoms with E-state index in [0.717, 1.165) is 11.1 Å². The second kappa shape index (κ2) is 8.79. The number of ketones is 1. The quantitative estimate of drug-likeness (QED) is 0.229. The molecule has 2 N–H and O–H groups in total. The number of amides is 1. The van der Waals surface area contributed by atoms with Crippen LogP contribution in [0.3, 0.4) is 0 Å². The number of rotatable bonds is 6. The predicted octanol–water partition coefficient (Wildman–Crippen LogP) is 5.13. The number of aliphatic hydroxyl groups is 1. The first kappa shape index (κ1) is 22.5. The smallest absolute Gasteiger partial charge is 0.302 e. The van der Waals surface area contributed by atoms with Crippen molar-refractivity contribution in [1.29, 1.82) is 0 Å². The number of furan rings is 1. The molecule has 1 fully saturated rings. The molecule has 5 rings (SSSR count). The Balaban J connectivity index is 1.59. The van der Waals surface area contributed by atoms with Crippen molar-refractivity contribution in [3.05, 3.63) is 83.3 Å². The molecule has 2 aromatic heterocycles. The molecule has 8 heteroatoms. The second-order valence-corrected chi connectivity index (χ2v) is 8.99. The molecule has 8 nitrogen and oxygen atoms in total. The minimum atomic E-state index is -0.983. The van der Waals surface area contributed by atoms with E-state index in [0.29, 0.717) is 35.1 Å². The van der Waals surface area contributed by atoms with Crippen molar-refractivity contribution in [3.8, 4) is 5.75 Å². The fraction of sp³-hybridized carbons (Fsp3) is 0.222. The number of hydrogen-bond donors (Lipinski definition) is 2. The Morgan fingerprint density at radius 2 is 1.94 bits per heavy atom. The number of aromatic amines is 1. The van der Waals surface area contributed by atoms with Gasteiger partial charge in [0.1, 0.15) is 23.3 Å². The molecule has 178 valence electrons. The minimum Gasteiger partial charge on any atom is -0.507 e. The van der Waals surface area contributed by atoms with Crippen LogP contribution in [0.5, 0.6) is 5.75 Å². The summed E-state index contributed by atoms with van der Waals surface area (Å²) in [6.45, 7) is 6.62. The lowest BCUT2D eigenvalue weighted by Gasteiger charge is -2.20. The standard InChI is InChI=1S/C27H25N3O5/c1-15(2)14-35-18-9-7-17(8-10-18)24(31)22-23(21-5-4-12-34-21)30(26(33)25(22)32)27-28-19-11-6-16(3)13-20(19)29-27/h4-13,15,23,31H,14H2,1-3H3,(H,28,29)/b24-22+. The number of ether oxygens (including phenoxy) is 1. The molecule has 0 aliphatic carbocycles. The zero-order chi connectivity index (χ0) is 24.7. The van der Waals surface area contributed by atoms with E-state index < -0.39 is 17.7 Å². The van der Waals surface area contributed by atoms with E-state index in [4.69, 9.17) is 9.15 Å². The minimum absolute atomic E-state index is 0.0718. The van der Waals surface area contributed by atoms with Gasteiger partial charge in [0, 0.05) is 5.56 Å². The van der Waals surface area contributed by atoms with Crippen LogP contribution < -0.4 is 9.64 Å². The zero-order valence-electron chi connectivity index (χ0n) is 19.6. The number of Topliss-reactive ketones (excluding diaryl/α,β-unsaturated/α-hetero) is 1. The van der Waals surface area contributed by atoms with E-state index in [-0.39, 0.29) is 17.3 Å². The highest BCUT2D eigenvalue weighted by atomic mass is 16.5. The highest BCUT2D eigenvalue weighted by Gasteiger charge is 2.49. The highest BCUT2D eigenvalue weighted by Crippen LogP contribution is 2.42. The van der Waals surface area contributed by atoms with Gasteiger partial charge in [-0.25, -0.2) is 4.98 Å². The van der Waals surface area contributed by atoms with Crippen LogP contribution in [0.1, 0.15) is 36.8 Å². The third-order valence-corrected chi connectivity index (χ3v) is 5.82. The van der Waals surface area contributed by atoms with Gasteiger partial charge in [-0.2, -0.15) is 0 Å². The van der Waals surface area contributed by atoms with Crippen LogP contribution in [0.25, 0.3) is 16.8 Å². The van der Waals surface area contributed by atoms with Gasteiger partial charge in [-0.1, -0.05) is 19.9 Å². The lowest BCUT2D eigenvalue weighted by Crippen LogP contribution is -2.30. The Morgan fingerprint density at radius 3 is 2.63 bits per heavy atom. The van der Waals surface area contributed by atoms with Gasteiger partial charge >= 0.3 is 5.91 Å². The number of nitrogens with one attached hydrogen (secondary N) is 1. The molecular weight excluding hydrogens is 446 g/mol. The van der Waals surface area contributed by atoms with Crippen LogP contribution >= 0.6 is 0 Å². The summed E-state index contributed by atoms with van der Waals surface area (Å²) in [5, 5.41) is 11.2. The average Bonchev–Trinajstić information content (AvgIpc) is 3.56. The van der Waals surface area contributed by atoms with Gasteiger partial charge in [0.15, 0.2) is 0 Å². The third-order valence-electron chi connectivity index (χ3n) is 5.82. The molecule has 0 saturated carbocycles. The average molecular weight is 472 g/mol. The largest absolute Gasteiger partial charge is 0.507 e. The van der Waals surface area contributed by atoms with Crippen molar-refractivity contribution >= 4 is 34.4 Å². The molecule has 0 bridgehead atoms. The number of imidazole rings is 1. The van der Waals surface area contributed by atoms with E-state index in [9.17, 15) is 14.7 Å². The van der Waals surface area contributed by atoms with Gasteiger partial charge < -0.3 is 19.2 Å². The van der Waals surface area contributed by atoms with E-state index in [1.165, 1.54) is 11.2 Å². The Morgan fingerprint density at radius 1 is 1.17 bits per heavy atom. The number of anilines is 1. The summed E-state index contributed by atoms with van der Waals surface area (Å²) < 4.78 is 11.3. The van der Waals surface area contributed by atoms with Crippen LogP contribution in [0.2, 0.25) is 0 Å². The molecule has 1 amide bonds. The van der Waals surface area contributed by atoms with Crippen LogP contribution in [0.4, 0.5) is 5.95 Å². The summed E-state index contributed by atoms with van der Waals surface area (Å²) in [6.07, 6.45) is 1.46. The summed E-state index contributed by atoms with van der Waals surface area (Å²) in [7, 11) is 0. The maximum Gasteiger partial charge on any atom is 0.302 e. The van der Waals surface area contributed by atoms with Crippen LogP contribution in [0, 0.1) is 12.8 Å². The van der Waals surface area contributed by atoms with E-state index in [1.54, 1.807) is 36.4 Å². The molecule has 1 saturated heterocycles. The van der Waals surface area contributed by atoms with Gasteiger partial charge in [0.25, 0.3) is 5.78 Å². The number of hydrogen-bond acceptors (Lipinski definition) is 6. The van der Waals surface area contributed by atoms with Crippen LogP contribution in [-0.2, 0) is 9.59 Å². The summed E-state index contributed by atoms with van der Waals surface area (Å²) in [5.74, 6) is -0.369. The summed E-state index contributed by atoms with van der Waals surface area (Å²) >= 11 is 0. The number of aryl methyl sites for hydroxylation is 1. The molecule has 0 radical (unpaired) electrons. The summed E-state index contributed by atoms with van der Waals surface area (Å²) in [4.78, 5) is 35.3. The Kier molecular flexibility index (Phi) is 5.64. The highest BCUT2D eigenvalue weighted by molar-refractivity contribution is 6.51. The number of aromatic nitrogens is 2. The first-order valence-electron chi connectivity index (χ1n) is 11.4. The number of H-pyrrole nitrogens is 1. The molecule has 1 aliphatic rings. The summed E-state index contributed by atoms with van der Waals surface area (Å²) in [6, 6.07) is 14.8. The number of aliphatic hydroxyl groups excluding tert-OH is 1. The molecule has 35 heavy (non-hydrogen) atoms. The lowest BCUT2D eigenvalue weighted by molar-refractivity contribution is -0.132. The molecule has 3 heterocycles. The maximum absolute atomic E-state index is 13.2. The third kappa shape index (κ3) is 4.07. The van der Waals surface area contributed by atoms with Gasteiger partial charge in [-0.3, -0.25) is 14.5 Å². The second-order valence-electron chi connectivity index (χ2n) is 8.99. The number of carbonyl (C=O) groups is 2. The Bertz CT molecular complexity index is 1430. The van der Waals surface area contributed by atoms with E-state index in [2.05, 4.69) is 23.8 Å². The fourth-order valence-electron chi connectivity index (χ4n) is 4.12. The first-order chi connectivity index (χ1) is 16.8. The van der Waals surface area contributed by atoms with Gasteiger partial charge in [-0.15, -0.1) is 0 Å². The molecule has 1 aliphatic heterocycles. The number of nitrogens with zero attached hydrogens (tertiary/aromatic N) is 2. The Labute approximate surface area is 201 Å². The maximum atomic E-state index is 13.2. The van der Waals surface area contributed by atoms with Crippen molar-refractivity contribution in [2.24, 2.45) is 5.92 Å². The van der Waals surface area contributed by atoms with Crippen LogP contribution in [0.15, 0.2) is 70.9 Å². The van der Waals surface area contributed by atoms with E-state index >= 15 is 0 Å². The number of benzene rings is 2. The van der Waals surface area contributed by atoms with Crippen molar-refractivity contribution in [1.82, 2.24) is 9.97 Å². The van der Waals surface area contributed by atoms with Gasteiger partial charge in [-0.05, 0) is 66.9 Å². The lowest BCUT2D eigenvalue weighted by atomic mass is 9.99. The van der Waals surface area contributed by atoms with Crippen molar-refractivity contribution in [2.75, 3.05) is 11.5 Å². The molecule has 0 spiro atoms. The monoisotopic (exact) mass is 471 g/mol. The van der Waals surface area contributed by atoms with Crippen molar-refractivity contribution < 1.29 is 23.8 Å². The molecule has 1 atom stereocenters. The summed E-state index contributed by atoms with van der Waals surface area (Å²) in [5.41, 5.74) is 2.73. The van der Waals surface area contributed by atoms with Gasteiger partial charge in [0.05, 0.1) is 29.5 Å². The topological polar surface area (TPSA) is 109 Å². The normalized spacial score (nSPS) is 17.6.